The monoisotopic (exact) mass is 503 g/mol. The largest absolute Gasteiger partial charge is 0.493 e. The molecule has 2 aromatic carbocycles. The van der Waals surface area contributed by atoms with Gasteiger partial charge in [-0.05, 0) is 66.3 Å². The van der Waals surface area contributed by atoms with Gasteiger partial charge in [0, 0.05) is 6.54 Å². The van der Waals surface area contributed by atoms with Gasteiger partial charge in [-0.2, -0.15) is 0 Å². The van der Waals surface area contributed by atoms with E-state index in [0.29, 0.717) is 36.0 Å². The minimum atomic E-state index is -0.436. The van der Waals surface area contributed by atoms with Crippen molar-refractivity contribution in [2.45, 2.75) is 58.6 Å². The molecule has 196 valence electrons. The van der Waals surface area contributed by atoms with E-state index >= 15 is 0 Å². The minimum Gasteiger partial charge on any atom is -0.493 e. The first-order valence-electron chi connectivity index (χ1n) is 13.4. The van der Waals surface area contributed by atoms with Crippen LogP contribution >= 0.6 is 0 Å². The lowest BCUT2D eigenvalue weighted by Crippen LogP contribution is -2.45. The third kappa shape index (κ3) is 4.51. The fourth-order valence-electron chi connectivity index (χ4n) is 6.42. The summed E-state index contributed by atoms with van der Waals surface area (Å²) in [7, 11) is 3.23. The predicted molar refractivity (Wildman–Crippen MR) is 141 cm³/mol. The van der Waals surface area contributed by atoms with Crippen molar-refractivity contribution >= 4 is 11.7 Å². The second-order valence-electron chi connectivity index (χ2n) is 10.8. The molecule has 1 amide bonds. The summed E-state index contributed by atoms with van der Waals surface area (Å²) >= 11 is 0. The van der Waals surface area contributed by atoms with Crippen LogP contribution in [0.2, 0.25) is 0 Å². The lowest BCUT2D eigenvalue weighted by Gasteiger charge is -2.41. The minimum absolute atomic E-state index is 0.0937. The normalized spacial score (nSPS) is 27.1. The highest BCUT2D eigenvalue weighted by molar-refractivity contribution is 6.11. The highest BCUT2D eigenvalue weighted by Gasteiger charge is 2.53. The average Bonchev–Trinajstić information content (AvgIpc) is 3.19. The summed E-state index contributed by atoms with van der Waals surface area (Å²) in [6, 6.07) is 13.7. The number of carbonyl (C=O) groups is 2. The summed E-state index contributed by atoms with van der Waals surface area (Å²) in [5.41, 5.74) is 3.75. The summed E-state index contributed by atoms with van der Waals surface area (Å²) in [6.45, 7) is 6.93. The molecule has 5 unspecified atom stereocenters. The number of ether oxygens (including phenoxy) is 3. The highest BCUT2D eigenvalue weighted by Crippen LogP contribution is 2.49. The first-order valence-corrected chi connectivity index (χ1v) is 13.4. The molecule has 0 spiro atoms. The number of benzene rings is 2. The zero-order valence-electron chi connectivity index (χ0n) is 22.5. The molecule has 0 saturated heterocycles. The zero-order chi connectivity index (χ0) is 26.3. The SMILES string of the molecule is CCc1ccc(C2C3=C(OC4C(C)CC(C)CC4C3=O)C(=O)N2CCc2ccc(OC)c(OC)c2)cc1. The number of fused-ring (bicyclic) bond motifs is 1. The molecule has 5 atom stereocenters. The van der Waals surface area contributed by atoms with Crippen molar-refractivity contribution in [3.05, 3.63) is 70.5 Å². The van der Waals surface area contributed by atoms with Gasteiger partial charge in [-0.15, -0.1) is 0 Å². The van der Waals surface area contributed by atoms with Crippen LogP contribution in [0.3, 0.4) is 0 Å². The molecule has 1 aliphatic carbocycles. The lowest BCUT2D eigenvalue weighted by molar-refractivity contribution is -0.138. The Hall–Kier alpha value is -3.28. The van der Waals surface area contributed by atoms with E-state index in [1.807, 2.05) is 23.1 Å². The number of aryl methyl sites for hydroxylation is 1. The van der Waals surface area contributed by atoms with E-state index in [2.05, 4.69) is 45.0 Å². The molecule has 3 aliphatic rings. The van der Waals surface area contributed by atoms with Crippen molar-refractivity contribution in [1.82, 2.24) is 4.90 Å². The van der Waals surface area contributed by atoms with Crippen molar-refractivity contribution in [2.24, 2.45) is 17.8 Å². The van der Waals surface area contributed by atoms with E-state index in [-0.39, 0.29) is 35.4 Å². The standard InChI is InChI=1S/C31H37NO5/c1-6-20-7-10-22(11-8-20)27-26-28(33)23-16-18(2)15-19(3)29(23)37-30(26)31(34)32(27)14-13-21-9-12-24(35-4)25(17-21)36-5/h7-12,17-19,23,27,29H,6,13-16H2,1-5H3. The first-order chi connectivity index (χ1) is 17.9. The van der Waals surface area contributed by atoms with Gasteiger partial charge in [-0.1, -0.05) is 51.1 Å². The molecule has 2 heterocycles. The maximum Gasteiger partial charge on any atom is 0.290 e. The van der Waals surface area contributed by atoms with Crippen LogP contribution in [0.5, 0.6) is 11.5 Å². The summed E-state index contributed by atoms with van der Waals surface area (Å²) in [4.78, 5) is 29.7. The molecule has 5 rings (SSSR count). The van der Waals surface area contributed by atoms with E-state index in [0.717, 1.165) is 30.4 Å². The Labute approximate surface area is 219 Å². The Balaban J connectivity index is 1.49. The van der Waals surface area contributed by atoms with Gasteiger partial charge in [0.05, 0.1) is 31.8 Å². The van der Waals surface area contributed by atoms with Crippen molar-refractivity contribution in [1.29, 1.82) is 0 Å². The average molecular weight is 504 g/mol. The van der Waals surface area contributed by atoms with Crippen LogP contribution in [0, 0.1) is 17.8 Å². The summed E-state index contributed by atoms with van der Waals surface area (Å²) < 4.78 is 17.3. The number of amides is 1. The molecule has 2 aliphatic heterocycles. The maximum absolute atomic E-state index is 14.0. The number of hydrogen-bond acceptors (Lipinski definition) is 5. The maximum atomic E-state index is 14.0. The topological polar surface area (TPSA) is 65.1 Å². The molecule has 6 heteroatoms. The number of nitrogens with zero attached hydrogens (tertiary/aromatic N) is 1. The molecule has 37 heavy (non-hydrogen) atoms. The van der Waals surface area contributed by atoms with Crippen molar-refractivity contribution in [2.75, 3.05) is 20.8 Å². The molecule has 0 N–H and O–H groups in total. The Morgan fingerprint density at radius 1 is 0.946 bits per heavy atom. The quantitative estimate of drug-likeness (QED) is 0.513. The van der Waals surface area contributed by atoms with Gasteiger partial charge in [0.1, 0.15) is 6.10 Å². The van der Waals surface area contributed by atoms with Gasteiger partial charge in [0.15, 0.2) is 23.0 Å². The molecule has 1 saturated carbocycles. The molecule has 0 radical (unpaired) electrons. The summed E-state index contributed by atoms with van der Waals surface area (Å²) in [5, 5.41) is 0. The number of methoxy groups -OCH3 is 2. The van der Waals surface area contributed by atoms with Gasteiger partial charge in [0.25, 0.3) is 5.91 Å². The number of ketones is 1. The molecular formula is C31H37NO5. The zero-order valence-corrected chi connectivity index (χ0v) is 22.5. The van der Waals surface area contributed by atoms with E-state index in [1.54, 1.807) is 14.2 Å². The third-order valence-corrected chi connectivity index (χ3v) is 8.32. The van der Waals surface area contributed by atoms with Gasteiger partial charge in [-0.25, -0.2) is 0 Å². The molecule has 0 bridgehead atoms. The Morgan fingerprint density at radius 3 is 2.32 bits per heavy atom. The van der Waals surface area contributed by atoms with Crippen molar-refractivity contribution in [3.63, 3.8) is 0 Å². The van der Waals surface area contributed by atoms with Gasteiger partial charge in [0.2, 0.25) is 0 Å². The smallest absolute Gasteiger partial charge is 0.290 e. The summed E-state index contributed by atoms with van der Waals surface area (Å²) in [5.74, 6) is 2.02. The van der Waals surface area contributed by atoms with Crippen LogP contribution in [0.4, 0.5) is 0 Å². The summed E-state index contributed by atoms with van der Waals surface area (Å²) in [6.07, 6.45) is 3.15. The predicted octanol–water partition coefficient (Wildman–Crippen LogP) is 5.30. The van der Waals surface area contributed by atoms with Gasteiger partial charge < -0.3 is 19.1 Å². The van der Waals surface area contributed by atoms with Crippen LogP contribution < -0.4 is 9.47 Å². The molecular weight excluding hydrogens is 466 g/mol. The molecule has 0 aromatic heterocycles. The van der Waals surface area contributed by atoms with E-state index in [4.69, 9.17) is 14.2 Å². The fourth-order valence-corrected chi connectivity index (χ4v) is 6.42. The Morgan fingerprint density at radius 2 is 1.65 bits per heavy atom. The lowest BCUT2D eigenvalue weighted by atomic mass is 9.70. The van der Waals surface area contributed by atoms with Crippen LogP contribution in [0.15, 0.2) is 53.8 Å². The first kappa shape index (κ1) is 25.4. The van der Waals surface area contributed by atoms with Crippen molar-refractivity contribution in [3.8, 4) is 11.5 Å². The van der Waals surface area contributed by atoms with E-state index < -0.39 is 6.04 Å². The van der Waals surface area contributed by atoms with E-state index in [9.17, 15) is 9.59 Å². The van der Waals surface area contributed by atoms with Gasteiger partial charge >= 0.3 is 0 Å². The second-order valence-corrected chi connectivity index (χ2v) is 10.8. The van der Waals surface area contributed by atoms with Gasteiger partial charge in [-0.3, -0.25) is 9.59 Å². The number of hydrogen-bond donors (Lipinski definition) is 0. The molecule has 1 fully saturated rings. The van der Waals surface area contributed by atoms with Crippen LogP contribution in [-0.2, 0) is 27.2 Å². The van der Waals surface area contributed by atoms with Crippen LogP contribution in [-0.4, -0.2) is 43.5 Å². The van der Waals surface area contributed by atoms with Crippen LogP contribution in [0.1, 0.15) is 56.3 Å². The number of rotatable bonds is 7. The Kier molecular flexibility index (Phi) is 7.02. The molecule has 2 aromatic rings. The second kappa shape index (κ2) is 10.2. The number of Topliss-reactive ketones (excluding diaryl/α,β-unsaturated/α-hetero) is 1. The van der Waals surface area contributed by atoms with Crippen molar-refractivity contribution < 1.29 is 23.8 Å². The highest BCUT2D eigenvalue weighted by atomic mass is 16.5. The Bertz CT molecular complexity index is 1220. The fraction of sp³-hybridized carbons (Fsp3) is 0.484. The molecule has 6 nitrogen and oxygen atoms in total. The van der Waals surface area contributed by atoms with Crippen LogP contribution in [0.25, 0.3) is 0 Å². The van der Waals surface area contributed by atoms with E-state index in [1.165, 1.54) is 5.56 Å². The third-order valence-electron chi connectivity index (χ3n) is 8.32. The number of carbonyl (C=O) groups excluding carboxylic acids is 2.